The average molecular weight is 474 g/mol. The van der Waals surface area contributed by atoms with Gasteiger partial charge < -0.3 is 19.9 Å². The van der Waals surface area contributed by atoms with Gasteiger partial charge >= 0.3 is 0 Å². The number of nitrogens with one attached hydrogen (secondary N) is 2. The highest BCUT2D eigenvalue weighted by Crippen LogP contribution is 2.35. The zero-order valence-electron chi connectivity index (χ0n) is 18.8. The molecule has 1 aliphatic heterocycles. The number of methoxy groups -OCH3 is 1. The summed E-state index contributed by atoms with van der Waals surface area (Å²) in [6.45, 7) is 2.62. The van der Waals surface area contributed by atoms with Gasteiger partial charge in [0.05, 0.1) is 17.7 Å². The molecule has 1 amide bonds. The number of amides is 1. The van der Waals surface area contributed by atoms with Crippen LogP contribution in [0.25, 0.3) is 17.0 Å². The Kier molecular flexibility index (Phi) is 6.02. The number of hydrogen-bond acceptors (Lipinski definition) is 4. The van der Waals surface area contributed by atoms with E-state index in [1.54, 1.807) is 19.2 Å². The molecule has 2 heterocycles. The number of ether oxygens (including phenoxy) is 1. The Hall–Kier alpha value is -3.71. The number of fused-ring (bicyclic) bond motifs is 1. The van der Waals surface area contributed by atoms with E-state index in [0.717, 1.165) is 39.0 Å². The van der Waals surface area contributed by atoms with Gasteiger partial charge in [-0.2, -0.15) is 0 Å². The second kappa shape index (κ2) is 9.27. The van der Waals surface area contributed by atoms with Gasteiger partial charge in [-0.05, 0) is 54.5 Å². The van der Waals surface area contributed by atoms with E-state index in [-0.39, 0.29) is 17.2 Å². The number of para-hydroxylation sites is 1. The summed E-state index contributed by atoms with van der Waals surface area (Å²) in [5, 5.41) is 7.40. The van der Waals surface area contributed by atoms with Crippen molar-refractivity contribution in [1.29, 1.82) is 0 Å². The Labute approximate surface area is 201 Å². The topological polar surface area (TPSA) is 55.3 Å². The van der Waals surface area contributed by atoms with Gasteiger partial charge in [-0.1, -0.05) is 48.2 Å². The Morgan fingerprint density at radius 3 is 2.74 bits per heavy atom. The first-order chi connectivity index (χ1) is 16.5. The van der Waals surface area contributed by atoms with E-state index in [9.17, 15) is 9.18 Å². The minimum atomic E-state index is -0.304. The van der Waals surface area contributed by atoms with E-state index in [0.29, 0.717) is 11.4 Å². The van der Waals surface area contributed by atoms with Crippen LogP contribution in [-0.2, 0) is 11.3 Å². The van der Waals surface area contributed by atoms with Crippen molar-refractivity contribution >= 4 is 40.3 Å². The number of carbonyl (C=O) groups excluding carboxylic acids is 1. The zero-order valence-corrected chi connectivity index (χ0v) is 19.7. The minimum absolute atomic E-state index is 0.121. The van der Waals surface area contributed by atoms with Gasteiger partial charge in [0, 0.05) is 29.2 Å². The molecule has 7 heteroatoms. The Balaban J connectivity index is 1.41. The predicted octanol–water partition coefficient (Wildman–Crippen LogP) is 5.75. The number of thioether (sulfide) groups is 1. The number of nitrogens with zero attached hydrogens (tertiary/aromatic N) is 1. The Morgan fingerprint density at radius 2 is 1.94 bits per heavy atom. The first-order valence-corrected chi connectivity index (χ1v) is 11.8. The van der Waals surface area contributed by atoms with E-state index in [4.69, 9.17) is 4.74 Å². The first-order valence-electron chi connectivity index (χ1n) is 10.9. The number of benzene rings is 3. The Morgan fingerprint density at radius 1 is 1.15 bits per heavy atom. The lowest BCUT2D eigenvalue weighted by atomic mass is 10.1. The van der Waals surface area contributed by atoms with Crippen molar-refractivity contribution in [2.45, 2.75) is 19.0 Å². The summed E-state index contributed by atoms with van der Waals surface area (Å²) < 4.78 is 20.9. The van der Waals surface area contributed by atoms with Gasteiger partial charge in [-0.15, -0.1) is 0 Å². The molecule has 1 aliphatic rings. The summed E-state index contributed by atoms with van der Waals surface area (Å²) in [7, 11) is 1.63. The highest BCUT2D eigenvalue weighted by Gasteiger charge is 2.28. The summed E-state index contributed by atoms with van der Waals surface area (Å²) in [6.07, 6.45) is 3.97. The highest BCUT2D eigenvalue weighted by atomic mass is 32.2. The normalized spacial score (nSPS) is 16.7. The van der Waals surface area contributed by atoms with Gasteiger partial charge in [0.15, 0.2) is 5.50 Å². The van der Waals surface area contributed by atoms with Crippen molar-refractivity contribution in [3.05, 3.63) is 100 Å². The lowest BCUT2D eigenvalue weighted by Gasteiger charge is -2.16. The van der Waals surface area contributed by atoms with Crippen LogP contribution >= 0.6 is 11.8 Å². The molecule has 3 aromatic carbocycles. The molecule has 5 nitrogen and oxygen atoms in total. The van der Waals surface area contributed by atoms with Crippen LogP contribution in [0.1, 0.15) is 16.7 Å². The average Bonchev–Trinajstić information content (AvgIpc) is 3.35. The van der Waals surface area contributed by atoms with Crippen molar-refractivity contribution in [2.24, 2.45) is 0 Å². The number of carbonyl (C=O) groups is 1. The van der Waals surface area contributed by atoms with Crippen LogP contribution in [0.2, 0.25) is 0 Å². The van der Waals surface area contributed by atoms with Crippen LogP contribution in [0, 0.1) is 12.7 Å². The molecule has 1 saturated heterocycles. The molecular weight excluding hydrogens is 449 g/mol. The lowest BCUT2D eigenvalue weighted by Crippen LogP contribution is -2.31. The van der Waals surface area contributed by atoms with E-state index >= 15 is 0 Å². The maximum Gasteiger partial charge on any atom is 0.260 e. The zero-order chi connectivity index (χ0) is 23.7. The van der Waals surface area contributed by atoms with Gasteiger partial charge in [-0.25, -0.2) is 4.39 Å². The van der Waals surface area contributed by atoms with E-state index in [2.05, 4.69) is 21.3 Å². The number of anilines is 1. The first kappa shape index (κ1) is 22.1. The number of rotatable bonds is 6. The molecule has 1 aromatic heterocycles. The molecule has 4 aromatic rings. The van der Waals surface area contributed by atoms with E-state index in [1.807, 2.05) is 55.6 Å². The van der Waals surface area contributed by atoms with Crippen molar-refractivity contribution in [2.75, 3.05) is 12.4 Å². The third-order valence-electron chi connectivity index (χ3n) is 5.74. The van der Waals surface area contributed by atoms with Gasteiger partial charge in [0.25, 0.3) is 5.91 Å². The fraction of sp³-hybridized carbons (Fsp3) is 0.148. The third kappa shape index (κ3) is 4.52. The van der Waals surface area contributed by atoms with E-state index < -0.39 is 0 Å². The van der Waals surface area contributed by atoms with Gasteiger partial charge in [0.1, 0.15) is 11.6 Å². The molecule has 2 N–H and O–H groups in total. The summed E-state index contributed by atoms with van der Waals surface area (Å²) in [5.74, 6) is 0.355. The second-order valence-electron chi connectivity index (χ2n) is 8.18. The number of hydrogen-bond donors (Lipinski definition) is 2. The summed E-state index contributed by atoms with van der Waals surface area (Å²) in [4.78, 5) is 13.4. The largest absolute Gasteiger partial charge is 0.495 e. The third-order valence-corrected chi connectivity index (χ3v) is 6.77. The molecule has 1 atom stereocenters. The molecule has 34 heavy (non-hydrogen) atoms. The molecule has 5 rings (SSSR count). The van der Waals surface area contributed by atoms with Gasteiger partial charge in [0.2, 0.25) is 0 Å². The number of aryl methyl sites for hydroxylation is 1. The number of halogens is 1. The fourth-order valence-electron chi connectivity index (χ4n) is 4.09. The molecule has 1 unspecified atom stereocenters. The standard InChI is InChI=1S/C27H24FN3O2S/c1-17-7-12-24(33-2)22(13-17)29-27-30-26(32)25(34-27)14-19-16-31(23-6-4-3-5-21(19)23)15-18-8-10-20(28)11-9-18/h3-14,16,27,29H,15H2,1-2H3,(H,30,32)/b25-14-. The molecule has 1 fully saturated rings. The minimum Gasteiger partial charge on any atom is -0.495 e. The lowest BCUT2D eigenvalue weighted by molar-refractivity contribution is -0.116. The maximum atomic E-state index is 13.3. The van der Waals surface area contributed by atoms with Crippen LogP contribution < -0.4 is 15.4 Å². The summed E-state index contributed by atoms with van der Waals surface area (Å²) in [5.41, 5.74) is 4.65. The SMILES string of the molecule is COc1ccc(C)cc1NC1NC(=O)/C(=C/c2cn(Cc3ccc(F)cc3)c3ccccc23)S1. The van der Waals surface area contributed by atoms with Crippen LogP contribution in [-0.4, -0.2) is 23.1 Å². The molecular formula is C27H24FN3O2S. The van der Waals surface area contributed by atoms with E-state index in [1.165, 1.54) is 23.9 Å². The van der Waals surface area contributed by atoms with Crippen LogP contribution in [0.4, 0.5) is 10.1 Å². The second-order valence-corrected chi connectivity index (χ2v) is 9.33. The Bertz CT molecular complexity index is 1400. The van der Waals surface area contributed by atoms with Crippen LogP contribution in [0.3, 0.4) is 0 Å². The predicted molar refractivity (Wildman–Crippen MR) is 136 cm³/mol. The van der Waals surface area contributed by atoms with Crippen molar-refractivity contribution in [3.8, 4) is 5.75 Å². The molecule has 0 bridgehead atoms. The molecule has 0 radical (unpaired) electrons. The molecule has 0 spiro atoms. The summed E-state index contributed by atoms with van der Waals surface area (Å²) in [6, 6.07) is 20.5. The quantitative estimate of drug-likeness (QED) is 0.351. The molecule has 0 saturated carbocycles. The van der Waals surface area contributed by atoms with Gasteiger partial charge in [-0.3, -0.25) is 4.79 Å². The van der Waals surface area contributed by atoms with Crippen LogP contribution in [0.15, 0.2) is 77.8 Å². The van der Waals surface area contributed by atoms with Crippen molar-refractivity contribution in [1.82, 2.24) is 9.88 Å². The van der Waals surface area contributed by atoms with Crippen molar-refractivity contribution < 1.29 is 13.9 Å². The monoisotopic (exact) mass is 473 g/mol. The maximum absolute atomic E-state index is 13.3. The smallest absolute Gasteiger partial charge is 0.260 e. The molecule has 172 valence electrons. The number of aromatic nitrogens is 1. The summed E-state index contributed by atoms with van der Waals surface area (Å²) >= 11 is 1.44. The van der Waals surface area contributed by atoms with Crippen LogP contribution in [0.5, 0.6) is 5.75 Å². The van der Waals surface area contributed by atoms with Crippen molar-refractivity contribution in [3.63, 3.8) is 0 Å². The highest BCUT2D eigenvalue weighted by molar-refractivity contribution is 8.05. The fourth-order valence-corrected chi connectivity index (χ4v) is 5.06. The molecule has 0 aliphatic carbocycles.